The van der Waals surface area contributed by atoms with Crippen molar-refractivity contribution in [3.8, 4) is 0 Å². The minimum absolute atomic E-state index is 0.228. The predicted molar refractivity (Wildman–Crippen MR) is 91.5 cm³/mol. The maximum atomic E-state index is 12.0. The monoisotopic (exact) mass is 305 g/mol. The predicted octanol–water partition coefficient (Wildman–Crippen LogP) is 4.31. The van der Waals surface area contributed by atoms with Crippen molar-refractivity contribution in [2.45, 2.75) is 57.7 Å². The number of hydrogen-bond acceptors (Lipinski definition) is 2. The molecule has 2 nitrogen and oxygen atoms in total. The molecule has 21 heavy (non-hydrogen) atoms. The Balaban J connectivity index is 1.64. The van der Waals surface area contributed by atoms with E-state index >= 15 is 0 Å². The molecule has 3 heteroatoms. The highest BCUT2D eigenvalue weighted by Crippen LogP contribution is 2.24. The number of carbonyl (C=O) groups is 1. The maximum absolute atomic E-state index is 12.0. The summed E-state index contributed by atoms with van der Waals surface area (Å²) < 4.78 is 0. The zero-order valence-electron chi connectivity index (χ0n) is 13.2. The van der Waals surface area contributed by atoms with E-state index < -0.39 is 0 Å². The van der Waals surface area contributed by atoms with E-state index in [4.69, 9.17) is 0 Å². The minimum Gasteiger partial charge on any atom is -0.353 e. The van der Waals surface area contributed by atoms with Crippen LogP contribution in [0.4, 0.5) is 0 Å². The molecule has 0 radical (unpaired) electrons. The second kappa shape index (κ2) is 8.47. The number of benzene rings is 1. The molecule has 2 atom stereocenters. The van der Waals surface area contributed by atoms with Crippen molar-refractivity contribution in [2.75, 3.05) is 5.75 Å². The van der Waals surface area contributed by atoms with E-state index in [-0.39, 0.29) is 5.91 Å². The molecular weight excluding hydrogens is 278 g/mol. The molecule has 1 aromatic carbocycles. The highest BCUT2D eigenvalue weighted by molar-refractivity contribution is 7.98. The number of amides is 1. The van der Waals surface area contributed by atoms with E-state index in [2.05, 4.69) is 43.4 Å². The van der Waals surface area contributed by atoms with Gasteiger partial charge in [-0.2, -0.15) is 11.8 Å². The summed E-state index contributed by atoms with van der Waals surface area (Å²) in [4.78, 5) is 12.0. The van der Waals surface area contributed by atoms with Gasteiger partial charge in [-0.3, -0.25) is 4.79 Å². The van der Waals surface area contributed by atoms with Crippen LogP contribution in [0.25, 0.3) is 0 Å². The largest absolute Gasteiger partial charge is 0.353 e. The maximum Gasteiger partial charge on any atom is 0.221 e. The van der Waals surface area contributed by atoms with Gasteiger partial charge in [-0.25, -0.2) is 0 Å². The summed E-state index contributed by atoms with van der Waals surface area (Å²) in [6.45, 7) is 4.41. The molecule has 1 amide bonds. The molecule has 0 aromatic heterocycles. The molecule has 0 aliphatic heterocycles. The number of thioether (sulfide) groups is 1. The first kappa shape index (κ1) is 16.4. The van der Waals surface area contributed by atoms with Gasteiger partial charge >= 0.3 is 0 Å². The summed E-state index contributed by atoms with van der Waals surface area (Å²) in [5.41, 5.74) is 2.72. The third-order valence-corrected chi connectivity index (χ3v) is 5.46. The Morgan fingerprint density at radius 2 is 2.05 bits per heavy atom. The second-order valence-corrected chi connectivity index (χ2v) is 7.27. The van der Waals surface area contributed by atoms with Crippen LogP contribution in [0.3, 0.4) is 0 Å². The molecule has 0 bridgehead atoms. The normalized spacial score (nSPS) is 22.0. The van der Waals surface area contributed by atoms with Crippen molar-refractivity contribution < 1.29 is 4.79 Å². The van der Waals surface area contributed by atoms with E-state index in [0.29, 0.717) is 18.4 Å². The molecule has 0 saturated heterocycles. The number of nitrogens with one attached hydrogen (secondary N) is 1. The van der Waals surface area contributed by atoms with Crippen LogP contribution in [0, 0.1) is 12.8 Å². The van der Waals surface area contributed by atoms with Crippen LogP contribution in [-0.4, -0.2) is 17.7 Å². The Kier molecular flexibility index (Phi) is 6.62. The lowest BCUT2D eigenvalue weighted by Gasteiger charge is -2.29. The summed E-state index contributed by atoms with van der Waals surface area (Å²) in [7, 11) is 0. The quantitative estimate of drug-likeness (QED) is 0.793. The van der Waals surface area contributed by atoms with Crippen LogP contribution >= 0.6 is 11.8 Å². The number of rotatable bonds is 6. The first-order valence-electron chi connectivity index (χ1n) is 8.08. The van der Waals surface area contributed by atoms with Crippen LogP contribution in [0.5, 0.6) is 0 Å². The Hall–Kier alpha value is -0.960. The smallest absolute Gasteiger partial charge is 0.221 e. The van der Waals surface area contributed by atoms with Gasteiger partial charge in [-0.15, -0.1) is 0 Å². The topological polar surface area (TPSA) is 29.1 Å². The zero-order chi connectivity index (χ0) is 15.1. The van der Waals surface area contributed by atoms with Gasteiger partial charge in [0, 0.05) is 24.0 Å². The van der Waals surface area contributed by atoms with Gasteiger partial charge in [-0.05, 0) is 36.8 Å². The van der Waals surface area contributed by atoms with Gasteiger partial charge in [0.15, 0.2) is 0 Å². The molecule has 1 N–H and O–H groups in total. The van der Waals surface area contributed by atoms with Crippen molar-refractivity contribution in [2.24, 2.45) is 5.92 Å². The van der Waals surface area contributed by atoms with E-state index in [9.17, 15) is 4.79 Å². The molecule has 1 saturated carbocycles. The van der Waals surface area contributed by atoms with E-state index in [1.807, 2.05) is 11.8 Å². The standard InChI is InChI=1S/C18H27NOS/c1-14-7-3-5-9-16(14)13-21-12-11-18(20)19-17-10-6-4-8-15(17)2/h3,5,7,9,15,17H,4,6,8,10-13H2,1-2H3,(H,19,20). The third kappa shape index (κ3) is 5.39. The SMILES string of the molecule is Cc1ccccc1CSCCC(=O)NC1CCCCC1C. The number of carbonyl (C=O) groups excluding carboxylic acids is 1. The molecular formula is C18H27NOS. The van der Waals surface area contributed by atoms with Gasteiger partial charge in [0.05, 0.1) is 0 Å². The zero-order valence-corrected chi connectivity index (χ0v) is 14.0. The fraction of sp³-hybridized carbons (Fsp3) is 0.611. The van der Waals surface area contributed by atoms with E-state index in [1.54, 1.807) is 0 Å². The molecule has 1 fully saturated rings. The van der Waals surface area contributed by atoms with Crippen molar-refractivity contribution in [1.82, 2.24) is 5.32 Å². The minimum atomic E-state index is 0.228. The highest BCUT2D eigenvalue weighted by Gasteiger charge is 2.22. The van der Waals surface area contributed by atoms with Crippen molar-refractivity contribution in [1.29, 1.82) is 0 Å². The van der Waals surface area contributed by atoms with Gasteiger partial charge in [0.1, 0.15) is 0 Å². The summed E-state index contributed by atoms with van der Waals surface area (Å²) in [5.74, 6) is 2.77. The van der Waals surface area contributed by atoms with Crippen molar-refractivity contribution >= 4 is 17.7 Å². The van der Waals surface area contributed by atoms with Crippen LogP contribution in [-0.2, 0) is 10.5 Å². The average Bonchev–Trinajstić information content (AvgIpc) is 2.48. The van der Waals surface area contributed by atoms with Crippen molar-refractivity contribution in [3.63, 3.8) is 0 Å². The third-order valence-electron chi connectivity index (χ3n) is 4.45. The Morgan fingerprint density at radius 1 is 1.29 bits per heavy atom. The molecule has 2 rings (SSSR count). The Morgan fingerprint density at radius 3 is 2.81 bits per heavy atom. The first-order chi connectivity index (χ1) is 10.2. The van der Waals surface area contributed by atoms with Crippen LogP contribution in [0.1, 0.15) is 50.2 Å². The Bertz CT molecular complexity index is 460. The lowest BCUT2D eigenvalue weighted by atomic mass is 9.86. The summed E-state index contributed by atoms with van der Waals surface area (Å²) in [6, 6.07) is 8.88. The van der Waals surface area contributed by atoms with Crippen LogP contribution < -0.4 is 5.32 Å². The van der Waals surface area contributed by atoms with Crippen LogP contribution in [0.2, 0.25) is 0 Å². The lowest BCUT2D eigenvalue weighted by Crippen LogP contribution is -2.41. The van der Waals surface area contributed by atoms with Crippen molar-refractivity contribution in [3.05, 3.63) is 35.4 Å². The Labute approximate surface area is 133 Å². The summed E-state index contributed by atoms with van der Waals surface area (Å²) in [5, 5.41) is 3.23. The fourth-order valence-electron chi connectivity index (χ4n) is 2.93. The van der Waals surface area contributed by atoms with Gasteiger partial charge in [0.2, 0.25) is 5.91 Å². The number of aryl methyl sites for hydroxylation is 1. The molecule has 2 unspecified atom stereocenters. The molecule has 1 aliphatic rings. The molecule has 1 aromatic rings. The number of hydrogen-bond donors (Lipinski definition) is 1. The van der Waals surface area contributed by atoms with Gasteiger partial charge < -0.3 is 5.32 Å². The fourth-order valence-corrected chi connectivity index (χ4v) is 3.95. The average molecular weight is 305 g/mol. The lowest BCUT2D eigenvalue weighted by molar-refractivity contribution is -0.121. The summed E-state index contributed by atoms with van der Waals surface area (Å²) >= 11 is 1.85. The van der Waals surface area contributed by atoms with E-state index in [1.165, 1.54) is 30.4 Å². The molecule has 116 valence electrons. The first-order valence-corrected chi connectivity index (χ1v) is 9.24. The molecule has 0 heterocycles. The summed E-state index contributed by atoms with van der Waals surface area (Å²) in [6.07, 6.45) is 5.63. The van der Waals surface area contributed by atoms with E-state index in [0.717, 1.165) is 17.9 Å². The van der Waals surface area contributed by atoms with Gasteiger partial charge in [-0.1, -0.05) is 44.0 Å². The second-order valence-electron chi connectivity index (χ2n) is 6.16. The van der Waals surface area contributed by atoms with Crippen LogP contribution in [0.15, 0.2) is 24.3 Å². The molecule has 1 aliphatic carbocycles. The molecule has 0 spiro atoms. The van der Waals surface area contributed by atoms with Gasteiger partial charge in [0.25, 0.3) is 0 Å². The highest BCUT2D eigenvalue weighted by atomic mass is 32.2.